The molecule has 1 amide bonds. The Kier molecular flexibility index (Phi) is 10.4. The number of carbonyl (C=O) groups is 2. The first-order valence-corrected chi connectivity index (χ1v) is 16.0. The van der Waals surface area contributed by atoms with Crippen LogP contribution in [0, 0.1) is 11.7 Å². The van der Waals surface area contributed by atoms with Crippen LogP contribution in [-0.2, 0) is 29.3 Å². The molecule has 0 spiro atoms. The van der Waals surface area contributed by atoms with E-state index in [1.54, 1.807) is 35.2 Å². The van der Waals surface area contributed by atoms with E-state index < -0.39 is 35.5 Å². The van der Waals surface area contributed by atoms with Crippen LogP contribution in [0.1, 0.15) is 76.3 Å². The van der Waals surface area contributed by atoms with Gasteiger partial charge in [-0.25, -0.2) is 19.2 Å². The van der Waals surface area contributed by atoms with E-state index in [4.69, 9.17) is 4.74 Å². The Labute approximate surface area is 270 Å². The second kappa shape index (κ2) is 14.3. The summed E-state index contributed by atoms with van der Waals surface area (Å²) in [5.41, 5.74) is 0.552. The summed E-state index contributed by atoms with van der Waals surface area (Å²) in [6.45, 7) is 3.84. The fourth-order valence-electron chi connectivity index (χ4n) is 6.81. The molecule has 14 heteroatoms. The van der Waals surface area contributed by atoms with Gasteiger partial charge >= 0.3 is 18.2 Å². The van der Waals surface area contributed by atoms with E-state index in [1.165, 1.54) is 0 Å². The van der Waals surface area contributed by atoms with E-state index >= 15 is 0 Å². The molecular formula is C33H40F4N6O4. The Hall–Kier alpha value is -4.23. The number of amides is 1. The standard InChI is InChI=1S/C33H40F4N6O4/c1-4-26-13-28(14-27(5-2)43(26)32(46)47-29-8-6-21(7-9-29)30(44)45)42(18-20-10-24(33(35,36)37)12-25(34)11-20)31-38-15-22(16-39-31)23-17-40-41(3)19-23/h10-12,15-17,19,21,26-29H,4-9,13-14,18H2,1-3H3,(H,44,45)/t21-,26-,27+,28+,29-. The number of carboxylic acid groups (broad SMARTS) is 1. The van der Waals surface area contributed by atoms with Gasteiger partial charge in [0.25, 0.3) is 0 Å². The number of rotatable bonds is 9. The van der Waals surface area contributed by atoms with Crippen LogP contribution in [0.4, 0.5) is 28.3 Å². The molecule has 1 saturated heterocycles. The van der Waals surface area contributed by atoms with Crippen LogP contribution < -0.4 is 4.90 Å². The van der Waals surface area contributed by atoms with Gasteiger partial charge in [-0.15, -0.1) is 0 Å². The van der Waals surface area contributed by atoms with Crippen molar-refractivity contribution in [2.75, 3.05) is 4.90 Å². The van der Waals surface area contributed by atoms with Gasteiger partial charge in [0.1, 0.15) is 11.9 Å². The molecule has 1 aromatic carbocycles. The molecule has 47 heavy (non-hydrogen) atoms. The minimum Gasteiger partial charge on any atom is -0.481 e. The van der Waals surface area contributed by atoms with Crippen LogP contribution in [0.3, 0.4) is 0 Å². The summed E-state index contributed by atoms with van der Waals surface area (Å²) in [6, 6.07) is 1.72. The predicted octanol–water partition coefficient (Wildman–Crippen LogP) is 6.84. The van der Waals surface area contributed by atoms with Crippen molar-refractivity contribution in [3.8, 4) is 11.1 Å². The molecule has 5 rings (SSSR count). The average Bonchev–Trinajstić information content (AvgIpc) is 3.48. The van der Waals surface area contributed by atoms with E-state index in [-0.39, 0.29) is 42.3 Å². The average molecular weight is 661 g/mol. The Bertz CT molecular complexity index is 1530. The zero-order valence-electron chi connectivity index (χ0n) is 26.7. The molecule has 2 aliphatic rings. The molecule has 1 aliphatic carbocycles. The first-order chi connectivity index (χ1) is 22.4. The number of anilines is 1. The van der Waals surface area contributed by atoms with Crippen molar-refractivity contribution in [3.05, 3.63) is 59.9 Å². The summed E-state index contributed by atoms with van der Waals surface area (Å²) in [4.78, 5) is 37.7. The lowest BCUT2D eigenvalue weighted by atomic mass is 9.87. The minimum absolute atomic E-state index is 0.0815. The van der Waals surface area contributed by atoms with Crippen LogP contribution in [0.2, 0.25) is 0 Å². The fraction of sp³-hybridized carbons (Fsp3) is 0.545. The highest BCUT2D eigenvalue weighted by molar-refractivity contribution is 5.70. The molecule has 0 bridgehead atoms. The van der Waals surface area contributed by atoms with Crippen molar-refractivity contribution in [1.82, 2.24) is 24.6 Å². The lowest BCUT2D eigenvalue weighted by Gasteiger charge is -2.47. The smallest absolute Gasteiger partial charge is 0.416 e. The Morgan fingerprint density at radius 3 is 2.15 bits per heavy atom. The van der Waals surface area contributed by atoms with Crippen LogP contribution in [0.15, 0.2) is 43.0 Å². The van der Waals surface area contributed by atoms with Crippen molar-refractivity contribution in [3.63, 3.8) is 0 Å². The number of nitrogens with zero attached hydrogens (tertiary/aromatic N) is 6. The van der Waals surface area contributed by atoms with Gasteiger partial charge in [0, 0.05) is 61.4 Å². The largest absolute Gasteiger partial charge is 0.481 e. The topological polar surface area (TPSA) is 114 Å². The van der Waals surface area contributed by atoms with Crippen LogP contribution >= 0.6 is 0 Å². The molecule has 3 heterocycles. The summed E-state index contributed by atoms with van der Waals surface area (Å²) >= 11 is 0. The number of ether oxygens (including phenoxy) is 1. The second-order valence-corrected chi connectivity index (χ2v) is 12.5. The van der Waals surface area contributed by atoms with Gasteiger partial charge in [-0.1, -0.05) is 13.8 Å². The van der Waals surface area contributed by atoms with Crippen molar-refractivity contribution in [1.29, 1.82) is 0 Å². The summed E-state index contributed by atoms with van der Waals surface area (Å²) in [7, 11) is 1.79. The molecule has 0 radical (unpaired) electrons. The van der Waals surface area contributed by atoms with Gasteiger partial charge in [-0.05, 0) is 75.1 Å². The van der Waals surface area contributed by atoms with Crippen molar-refractivity contribution in [2.45, 2.75) is 102 Å². The van der Waals surface area contributed by atoms with E-state index in [9.17, 15) is 32.3 Å². The Balaban J connectivity index is 1.41. The quantitative estimate of drug-likeness (QED) is 0.248. The number of benzene rings is 1. The van der Waals surface area contributed by atoms with E-state index in [0.29, 0.717) is 63.0 Å². The fourth-order valence-corrected chi connectivity index (χ4v) is 6.81. The lowest BCUT2D eigenvalue weighted by Crippen LogP contribution is -2.57. The number of hydrogen-bond donors (Lipinski definition) is 1. The Morgan fingerprint density at radius 2 is 1.62 bits per heavy atom. The molecule has 1 saturated carbocycles. The van der Waals surface area contributed by atoms with Crippen LogP contribution in [0.25, 0.3) is 11.1 Å². The van der Waals surface area contributed by atoms with E-state index in [0.717, 1.165) is 17.7 Å². The number of halogens is 4. The highest BCUT2D eigenvalue weighted by atomic mass is 19.4. The maximum absolute atomic E-state index is 14.5. The summed E-state index contributed by atoms with van der Waals surface area (Å²) in [5, 5.41) is 13.5. The van der Waals surface area contributed by atoms with Gasteiger partial charge in [0.2, 0.25) is 5.95 Å². The first kappa shape index (κ1) is 34.1. The van der Waals surface area contributed by atoms with Gasteiger partial charge in [0.05, 0.1) is 17.7 Å². The lowest BCUT2D eigenvalue weighted by molar-refractivity contribution is -0.143. The van der Waals surface area contributed by atoms with Crippen molar-refractivity contribution in [2.24, 2.45) is 13.0 Å². The van der Waals surface area contributed by atoms with E-state index in [1.807, 2.05) is 24.9 Å². The second-order valence-electron chi connectivity index (χ2n) is 12.5. The molecular weight excluding hydrogens is 620 g/mol. The third-order valence-electron chi connectivity index (χ3n) is 9.33. The van der Waals surface area contributed by atoms with Gasteiger partial charge < -0.3 is 19.6 Å². The molecule has 254 valence electrons. The van der Waals surface area contributed by atoms with Gasteiger partial charge in [0.15, 0.2) is 0 Å². The molecule has 0 unspecified atom stereocenters. The third-order valence-corrected chi connectivity index (χ3v) is 9.33. The number of aryl methyl sites for hydroxylation is 1. The zero-order chi connectivity index (χ0) is 33.9. The summed E-state index contributed by atoms with van der Waals surface area (Å²) in [5.74, 6) is -1.97. The zero-order valence-corrected chi connectivity index (χ0v) is 26.7. The number of likely N-dealkylation sites (tertiary alicyclic amines) is 1. The summed E-state index contributed by atoms with van der Waals surface area (Å²) in [6.07, 6.45) is 5.21. The van der Waals surface area contributed by atoms with Crippen LogP contribution in [0.5, 0.6) is 0 Å². The predicted molar refractivity (Wildman–Crippen MR) is 165 cm³/mol. The maximum Gasteiger partial charge on any atom is 0.416 e. The number of hydrogen-bond acceptors (Lipinski definition) is 7. The number of piperidine rings is 1. The molecule has 2 aromatic heterocycles. The normalized spacial score (nSPS) is 23.4. The van der Waals surface area contributed by atoms with E-state index in [2.05, 4.69) is 15.1 Å². The monoisotopic (exact) mass is 660 g/mol. The highest BCUT2D eigenvalue weighted by Crippen LogP contribution is 2.36. The number of aliphatic carboxylic acids is 1. The first-order valence-electron chi connectivity index (χ1n) is 16.0. The number of carboxylic acids is 1. The maximum atomic E-state index is 14.5. The van der Waals surface area contributed by atoms with Gasteiger partial charge in [-0.2, -0.15) is 18.3 Å². The molecule has 10 nitrogen and oxygen atoms in total. The highest BCUT2D eigenvalue weighted by Gasteiger charge is 2.42. The van der Waals surface area contributed by atoms with Gasteiger partial charge in [-0.3, -0.25) is 9.48 Å². The third kappa shape index (κ3) is 8.02. The molecule has 2 fully saturated rings. The molecule has 1 N–H and O–H groups in total. The summed E-state index contributed by atoms with van der Waals surface area (Å²) < 4.78 is 62.9. The molecule has 1 aliphatic heterocycles. The SMILES string of the molecule is CC[C@@H]1C[C@H](N(Cc2cc(F)cc(C(F)(F)F)c2)c2ncc(-c3cnn(C)c3)cn2)C[C@H](CC)N1C(=O)O[C@H]1CC[C@H](C(=O)O)CC1. The number of alkyl halides is 3. The number of aromatic nitrogens is 4. The van der Waals surface area contributed by atoms with Crippen molar-refractivity contribution >= 4 is 18.0 Å². The van der Waals surface area contributed by atoms with Crippen LogP contribution in [-0.4, -0.2) is 66.0 Å². The molecule has 3 aromatic rings. The Morgan fingerprint density at radius 1 is 0.979 bits per heavy atom. The molecule has 3 atom stereocenters. The minimum atomic E-state index is -4.72. The number of carbonyl (C=O) groups excluding carboxylic acids is 1. The van der Waals surface area contributed by atoms with Crippen molar-refractivity contribution < 1.29 is 37.0 Å².